The van der Waals surface area contributed by atoms with Crippen LogP contribution < -0.4 is 4.31 Å². The van der Waals surface area contributed by atoms with E-state index in [1.165, 1.54) is 18.2 Å². The molecule has 1 saturated carbocycles. The van der Waals surface area contributed by atoms with Gasteiger partial charge in [-0.3, -0.25) is 4.55 Å². The van der Waals surface area contributed by atoms with Gasteiger partial charge >= 0.3 is 16.4 Å². The Hall–Kier alpha value is -1.02. The van der Waals surface area contributed by atoms with E-state index in [-0.39, 0.29) is 26.1 Å². The van der Waals surface area contributed by atoms with Crippen molar-refractivity contribution in [3.8, 4) is 0 Å². The summed E-state index contributed by atoms with van der Waals surface area (Å²) in [6, 6.07) is 4.06. The van der Waals surface area contributed by atoms with Crippen LogP contribution >= 0.6 is 23.2 Å². The molecule has 0 radical (unpaired) electrons. The van der Waals surface area contributed by atoms with E-state index >= 15 is 0 Å². The van der Waals surface area contributed by atoms with Gasteiger partial charge in [0.05, 0.1) is 15.7 Å². The van der Waals surface area contributed by atoms with Gasteiger partial charge in [0.15, 0.2) is 0 Å². The molecule has 2 rings (SSSR count). The molecule has 1 amide bonds. The molecule has 1 N–H and O–H groups in total. The Bertz CT molecular complexity index is 630. The number of rotatable bonds is 3. The van der Waals surface area contributed by atoms with Gasteiger partial charge in [-0.1, -0.05) is 29.3 Å². The minimum atomic E-state index is -4.87. The largest absolute Gasteiger partial charge is 0.445 e. The summed E-state index contributed by atoms with van der Waals surface area (Å²) in [5, 5.41) is -0.119. The van der Waals surface area contributed by atoms with Crippen molar-refractivity contribution in [3.63, 3.8) is 0 Å². The number of nitrogens with zero attached hydrogens (tertiary/aromatic N) is 1. The molecule has 20 heavy (non-hydrogen) atoms. The first kappa shape index (κ1) is 15.4. The number of carbonyl (C=O) groups is 1. The van der Waals surface area contributed by atoms with Gasteiger partial charge < -0.3 is 4.74 Å². The molecule has 0 aliphatic heterocycles. The van der Waals surface area contributed by atoms with Crippen molar-refractivity contribution in [1.82, 2.24) is 0 Å². The van der Waals surface area contributed by atoms with E-state index in [1.807, 2.05) is 0 Å². The van der Waals surface area contributed by atoms with Crippen LogP contribution in [0.4, 0.5) is 10.5 Å². The number of halogens is 2. The predicted molar refractivity (Wildman–Crippen MR) is 74.6 cm³/mol. The van der Waals surface area contributed by atoms with Crippen molar-refractivity contribution in [1.29, 1.82) is 0 Å². The van der Waals surface area contributed by atoms with Gasteiger partial charge in [-0.25, -0.2) is 4.79 Å². The zero-order valence-electron chi connectivity index (χ0n) is 10.1. The first-order chi connectivity index (χ1) is 9.30. The summed E-state index contributed by atoms with van der Waals surface area (Å²) in [6.45, 7) is 0. The highest BCUT2D eigenvalue weighted by atomic mass is 35.5. The third kappa shape index (κ3) is 3.17. The maximum Gasteiger partial charge on any atom is 0.430 e. The first-order valence-corrected chi connectivity index (χ1v) is 7.88. The number of amides is 1. The summed E-state index contributed by atoms with van der Waals surface area (Å²) >= 11 is 11.6. The minimum Gasteiger partial charge on any atom is -0.445 e. The van der Waals surface area contributed by atoms with Gasteiger partial charge in [0, 0.05) is 0 Å². The summed E-state index contributed by atoms with van der Waals surface area (Å²) in [7, 11) is -4.87. The van der Waals surface area contributed by atoms with Crippen LogP contribution in [0.2, 0.25) is 10.0 Å². The third-order valence-electron chi connectivity index (χ3n) is 2.87. The van der Waals surface area contributed by atoms with Crippen LogP contribution in [0.5, 0.6) is 0 Å². The zero-order valence-corrected chi connectivity index (χ0v) is 12.5. The molecule has 1 aromatic carbocycles. The van der Waals surface area contributed by atoms with Gasteiger partial charge in [0.25, 0.3) is 0 Å². The number of benzene rings is 1. The highest BCUT2D eigenvalue weighted by molar-refractivity contribution is 7.88. The minimum absolute atomic E-state index is 0.0502. The van der Waals surface area contributed by atoms with E-state index in [0.717, 1.165) is 6.42 Å². The molecule has 1 aliphatic carbocycles. The fourth-order valence-electron chi connectivity index (χ4n) is 1.65. The number of hydrogen-bond donors (Lipinski definition) is 1. The molecule has 0 bridgehead atoms. The quantitative estimate of drug-likeness (QED) is 0.854. The molecule has 1 aromatic rings. The van der Waals surface area contributed by atoms with Crippen LogP contribution in [-0.2, 0) is 15.0 Å². The Balaban J connectivity index is 2.37. The Kier molecular flexibility index (Phi) is 4.43. The number of anilines is 1. The third-order valence-corrected chi connectivity index (χ3v) is 4.48. The standard InChI is InChI=1S/C11H11Cl2NO5S/c12-8-5-2-6-9(10(8)13)14(20(16,17)18)11(15)19-7-3-1-4-7/h2,5-7H,1,3-4H2,(H,16,17,18). The lowest BCUT2D eigenvalue weighted by Crippen LogP contribution is -2.40. The zero-order chi connectivity index (χ0) is 14.9. The number of ether oxygens (including phenoxy) is 1. The molecule has 110 valence electrons. The van der Waals surface area contributed by atoms with Crippen molar-refractivity contribution < 1.29 is 22.5 Å². The van der Waals surface area contributed by atoms with Gasteiger partial charge in [-0.05, 0) is 31.4 Å². The van der Waals surface area contributed by atoms with Crippen molar-refractivity contribution in [2.45, 2.75) is 25.4 Å². The lowest BCUT2D eigenvalue weighted by atomic mass is 9.96. The second-order valence-electron chi connectivity index (χ2n) is 4.25. The van der Waals surface area contributed by atoms with Crippen molar-refractivity contribution in [3.05, 3.63) is 28.2 Å². The van der Waals surface area contributed by atoms with E-state index in [4.69, 9.17) is 27.9 Å². The van der Waals surface area contributed by atoms with Gasteiger partial charge in [0.1, 0.15) is 6.10 Å². The lowest BCUT2D eigenvalue weighted by molar-refractivity contribution is 0.0597. The molecular formula is C11H11Cl2NO5S. The topological polar surface area (TPSA) is 83.9 Å². The van der Waals surface area contributed by atoms with Crippen LogP contribution in [0.25, 0.3) is 0 Å². The molecule has 1 aliphatic rings. The lowest BCUT2D eigenvalue weighted by Gasteiger charge is -2.28. The monoisotopic (exact) mass is 339 g/mol. The molecule has 0 heterocycles. The fraction of sp³-hybridized carbons (Fsp3) is 0.364. The van der Waals surface area contributed by atoms with Crippen LogP contribution in [-0.4, -0.2) is 25.2 Å². The molecule has 0 atom stereocenters. The Morgan fingerprint density at radius 2 is 2.00 bits per heavy atom. The SMILES string of the molecule is O=C(OC1CCC1)N(c1cccc(Cl)c1Cl)S(=O)(=O)O. The van der Waals surface area contributed by atoms with Crippen LogP contribution in [0.3, 0.4) is 0 Å². The highest BCUT2D eigenvalue weighted by Gasteiger charge is 2.34. The Labute approximate surface area is 126 Å². The normalized spacial score (nSPS) is 15.6. The summed E-state index contributed by atoms with van der Waals surface area (Å²) in [6.07, 6.45) is 0.677. The van der Waals surface area contributed by atoms with Crippen LogP contribution in [0.1, 0.15) is 19.3 Å². The second kappa shape index (κ2) is 5.77. The van der Waals surface area contributed by atoms with Crippen molar-refractivity contribution in [2.75, 3.05) is 4.31 Å². The van der Waals surface area contributed by atoms with E-state index in [0.29, 0.717) is 12.8 Å². The van der Waals surface area contributed by atoms with Gasteiger partial charge in [-0.2, -0.15) is 8.42 Å². The molecule has 9 heteroatoms. The van der Waals surface area contributed by atoms with Crippen LogP contribution in [0.15, 0.2) is 18.2 Å². The molecule has 0 aromatic heterocycles. The summed E-state index contributed by atoms with van der Waals surface area (Å²) in [5.41, 5.74) is -0.258. The second-order valence-corrected chi connectivity index (χ2v) is 6.30. The highest BCUT2D eigenvalue weighted by Crippen LogP contribution is 2.34. The molecule has 0 saturated heterocycles. The fourth-order valence-corrected chi connectivity index (χ4v) is 2.71. The summed E-state index contributed by atoms with van der Waals surface area (Å²) in [5.74, 6) is 0. The average Bonchev–Trinajstić information content (AvgIpc) is 2.28. The molecule has 6 nitrogen and oxygen atoms in total. The molecular weight excluding hydrogens is 329 g/mol. The smallest absolute Gasteiger partial charge is 0.430 e. The number of hydrogen-bond acceptors (Lipinski definition) is 4. The summed E-state index contributed by atoms with van der Waals surface area (Å²) < 4.78 is 37.1. The molecule has 0 spiro atoms. The first-order valence-electron chi connectivity index (χ1n) is 5.73. The van der Waals surface area contributed by atoms with Crippen LogP contribution in [0, 0.1) is 0 Å². The predicted octanol–water partition coefficient (Wildman–Crippen LogP) is 3.29. The molecule has 0 unspecified atom stereocenters. The van der Waals surface area contributed by atoms with E-state index in [9.17, 15) is 17.8 Å². The maximum absolute atomic E-state index is 11.9. The van der Waals surface area contributed by atoms with Gasteiger partial charge in [-0.15, -0.1) is 4.31 Å². The van der Waals surface area contributed by atoms with Crippen molar-refractivity contribution >= 4 is 45.3 Å². The Morgan fingerprint density at radius 1 is 1.35 bits per heavy atom. The average molecular weight is 340 g/mol. The van der Waals surface area contributed by atoms with E-state index < -0.39 is 16.4 Å². The number of carbonyl (C=O) groups excluding carboxylic acids is 1. The Morgan fingerprint density at radius 3 is 2.50 bits per heavy atom. The van der Waals surface area contributed by atoms with E-state index in [2.05, 4.69) is 0 Å². The summed E-state index contributed by atoms with van der Waals surface area (Å²) in [4.78, 5) is 11.9. The van der Waals surface area contributed by atoms with E-state index in [1.54, 1.807) is 0 Å². The van der Waals surface area contributed by atoms with Gasteiger partial charge in [0.2, 0.25) is 0 Å². The molecule has 1 fully saturated rings. The van der Waals surface area contributed by atoms with Crippen molar-refractivity contribution in [2.24, 2.45) is 0 Å². The maximum atomic E-state index is 11.9.